The molecular weight excluding hydrogens is 426 g/mol. The summed E-state index contributed by atoms with van der Waals surface area (Å²) in [5.41, 5.74) is 1.72. The molecule has 9 heteroatoms. The molecule has 31 heavy (non-hydrogen) atoms. The Morgan fingerprint density at radius 3 is 2.77 bits per heavy atom. The lowest BCUT2D eigenvalue weighted by molar-refractivity contribution is -0.136. The Hall–Kier alpha value is -2.52. The van der Waals surface area contributed by atoms with Crippen LogP contribution >= 0.6 is 0 Å². The van der Waals surface area contributed by atoms with Crippen LogP contribution in [0.5, 0.6) is 5.75 Å². The molecular formula is C22H24F2N2O4S. The molecule has 0 aromatic heterocycles. The smallest absolute Gasteiger partial charge is 0.241 e. The summed E-state index contributed by atoms with van der Waals surface area (Å²) in [4.78, 5) is 14.6. The maximum absolute atomic E-state index is 14.7. The Morgan fingerprint density at radius 2 is 1.97 bits per heavy atom. The van der Waals surface area contributed by atoms with E-state index < -0.39 is 33.9 Å². The highest BCUT2D eigenvalue weighted by Gasteiger charge is 2.36. The zero-order valence-electron chi connectivity index (χ0n) is 16.9. The van der Waals surface area contributed by atoms with Crippen LogP contribution in [-0.2, 0) is 21.2 Å². The average Bonchev–Trinajstić information content (AvgIpc) is 2.75. The normalized spacial score (nSPS) is 21.9. The molecule has 0 radical (unpaired) electrons. The quantitative estimate of drug-likeness (QED) is 0.780. The number of nitrogens with one attached hydrogen (secondary N) is 1. The van der Waals surface area contributed by atoms with Crippen LogP contribution in [0.15, 0.2) is 42.5 Å². The van der Waals surface area contributed by atoms with Crippen LogP contribution in [0.2, 0.25) is 0 Å². The van der Waals surface area contributed by atoms with Gasteiger partial charge in [-0.25, -0.2) is 21.9 Å². The maximum atomic E-state index is 14.7. The van der Waals surface area contributed by atoms with E-state index in [0.29, 0.717) is 42.7 Å². The molecule has 2 atom stereocenters. The van der Waals surface area contributed by atoms with Gasteiger partial charge in [-0.1, -0.05) is 24.3 Å². The molecule has 0 unspecified atom stereocenters. The number of nitrogens with zero attached hydrogens (tertiary/aromatic N) is 1. The van der Waals surface area contributed by atoms with Gasteiger partial charge in [0, 0.05) is 23.7 Å². The van der Waals surface area contributed by atoms with E-state index in [1.54, 1.807) is 41.3 Å². The molecule has 2 aliphatic heterocycles. The predicted octanol–water partition coefficient (Wildman–Crippen LogP) is 3.02. The second-order valence-electron chi connectivity index (χ2n) is 7.86. The summed E-state index contributed by atoms with van der Waals surface area (Å²) < 4.78 is 59.7. The zero-order valence-corrected chi connectivity index (χ0v) is 17.7. The fraction of sp³-hybridized carbons (Fsp3) is 0.409. The van der Waals surface area contributed by atoms with Crippen molar-refractivity contribution in [2.24, 2.45) is 0 Å². The Bertz CT molecular complexity index is 1080. The minimum atomic E-state index is -4.09. The third-order valence-corrected chi connectivity index (χ3v) is 6.75. The molecule has 1 N–H and O–H groups in total. The van der Waals surface area contributed by atoms with Crippen LogP contribution < -0.4 is 9.46 Å². The highest BCUT2D eigenvalue weighted by Crippen LogP contribution is 2.34. The summed E-state index contributed by atoms with van der Waals surface area (Å²) in [6.07, 6.45) is 1.51. The number of hydrogen-bond acceptors (Lipinski definition) is 4. The molecule has 2 aromatic rings. The lowest BCUT2D eigenvalue weighted by Crippen LogP contribution is -2.58. The SMILES string of the molecule is O=C1CCOc2ccccc2-c2cc(ccc2F)C[C@H]2[C@@H](NS(=O)(=O)CF)CCCN12. The summed E-state index contributed by atoms with van der Waals surface area (Å²) in [7, 11) is -4.09. The van der Waals surface area contributed by atoms with E-state index >= 15 is 0 Å². The van der Waals surface area contributed by atoms with Crippen LogP contribution in [-0.4, -0.2) is 50.5 Å². The van der Waals surface area contributed by atoms with Crippen molar-refractivity contribution in [2.75, 3.05) is 19.2 Å². The van der Waals surface area contributed by atoms with Gasteiger partial charge in [0.05, 0.1) is 19.1 Å². The third-order valence-electron chi connectivity index (χ3n) is 5.80. The molecule has 1 amide bonds. The van der Waals surface area contributed by atoms with Gasteiger partial charge < -0.3 is 9.64 Å². The second-order valence-corrected chi connectivity index (χ2v) is 9.54. The van der Waals surface area contributed by atoms with E-state index in [1.165, 1.54) is 6.07 Å². The summed E-state index contributed by atoms with van der Waals surface area (Å²) in [6, 6.07) is 9.13. The van der Waals surface area contributed by atoms with E-state index in [2.05, 4.69) is 4.72 Å². The molecule has 2 bridgehead atoms. The first-order valence-corrected chi connectivity index (χ1v) is 11.9. The molecule has 4 rings (SSSR count). The van der Waals surface area contributed by atoms with Crippen LogP contribution in [0.4, 0.5) is 8.78 Å². The van der Waals surface area contributed by atoms with Crippen LogP contribution in [0.1, 0.15) is 24.8 Å². The highest BCUT2D eigenvalue weighted by molar-refractivity contribution is 7.89. The summed E-state index contributed by atoms with van der Waals surface area (Å²) in [6.45, 7) is 0.587. The van der Waals surface area contributed by atoms with Gasteiger partial charge in [-0.3, -0.25) is 4.79 Å². The van der Waals surface area contributed by atoms with E-state index in [1.807, 2.05) is 0 Å². The number of hydrogen-bond donors (Lipinski definition) is 1. The number of rotatable bonds is 3. The van der Waals surface area contributed by atoms with Gasteiger partial charge in [-0.2, -0.15) is 0 Å². The zero-order chi connectivity index (χ0) is 22.0. The van der Waals surface area contributed by atoms with Crippen molar-refractivity contribution in [2.45, 2.75) is 37.8 Å². The van der Waals surface area contributed by atoms with Crippen molar-refractivity contribution in [3.8, 4) is 16.9 Å². The van der Waals surface area contributed by atoms with Crippen LogP contribution in [0, 0.1) is 5.82 Å². The van der Waals surface area contributed by atoms with Gasteiger partial charge in [0.2, 0.25) is 21.9 Å². The Kier molecular flexibility index (Phi) is 6.24. The van der Waals surface area contributed by atoms with E-state index in [9.17, 15) is 22.0 Å². The second kappa shape index (κ2) is 8.92. The molecule has 0 aliphatic carbocycles. The number of halogens is 2. The lowest BCUT2D eigenvalue weighted by Gasteiger charge is -2.42. The van der Waals surface area contributed by atoms with Gasteiger partial charge in [0.15, 0.2) is 0 Å². The summed E-state index contributed by atoms with van der Waals surface area (Å²) in [5, 5.41) is 0. The third kappa shape index (κ3) is 4.72. The minimum absolute atomic E-state index is 0.101. The number of fused-ring (bicyclic) bond motifs is 5. The number of amides is 1. The van der Waals surface area contributed by atoms with Crippen molar-refractivity contribution in [1.29, 1.82) is 0 Å². The Balaban J connectivity index is 1.77. The van der Waals surface area contributed by atoms with E-state index in [-0.39, 0.29) is 18.9 Å². The Morgan fingerprint density at radius 1 is 1.16 bits per heavy atom. The van der Waals surface area contributed by atoms with Crippen molar-refractivity contribution in [3.05, 3.63) is 53.8 Å². The first-order valence-electron chi connectivity index (χ1n) is 10.2. The molecule has 166 valence electrons. The van der Waals surface area contributed by atoms with Gasteiger partial charge >= 0.3 is 0 Å². The number of ether oxygens (including phenoxy) is 1. The van der Waals surface area contributed by atoms with Gasteiger partial charge in [-0.05, 0) is 43.0 Å². The van der Waals surface area contributed by atoms with Crippen molar-refractivity contribution >= 4 is 15.9 Å². The van der Waals surface area contributed by atoms with Gasteiger partial charge in [0.25, 0.3) is 0 Å². The molecule has 6 nitrogen and oxygen atoms in total. The number of carbonyl (C=O) groups excluding carboxylic acids is 1. The predicted molar refractivity (Wildman–Crippen MR) is 112 cm³/mol. The monoisotopic (exact) mass is 450 g/mol. The number of sulfonamides is 1. The van der Waals surface area contributed by atoms with Gasteiger partial charge in [-0.15, -0.1) is 0 Å². The van der Waals surface area contributed by atoms with Crippen molar-refractivity contribution in [3.63, 3.8) is 0 Å². The summed E-state index contributed by atoms with van der Waals surface area (Å²) in [5.74, 6) is -0.0617. The fourth-order valence-corrected chi connectivity index (χ4v) is 5.17. The van der Waals surface area contributed by atoms with Crippen molar-refractivity contribution in [1.82, 2.24) is 9.62 Å². The average molecular weight is 451 g/mol. The lowest BCUT2D eigenvalue weighted by atomic mass is 9.90. The molecule has 2 aliphatic rings. The minimum Gasteiger partial charge on any atom is -0.492 e. The van der Waals surface area contributed by atoms with Crippen molar-refractivity contribution < 1.29 is 26.7 Å². The number of alkyl halides is 1. The molecule has 0 spiro atoms. The summed E-state index contributed by atoms with van der Waals surface area (Å²) >= 11 is 0. The number of benzene rings is 2. The Labute approximate surface area is 180 Å². The number of piperidine rings is 1. The first kappa shape index (κ1) is 21.7. The molecule has 1 fully saturated rings. The van der Waals surface area contributed by atoms with Crippen LogP contribution in [0.3, 0.4) is 0 Å². The number of para-hydroxylation sites is 1. The van der Waals surface area contributed by atoms with Crippen LogP contribution in [0.25, 0.3) is 11.1 Å². The highest BCUT2D eigenvalue weighted by atomic mass is 32.2. The number of carbonyl (C=O) groups is 1. The molecule has 2 aromatic carbocycles. The molecule has 1 saturated heterocycles. The van der Waals surface area contributed by atoms with Gasteiger partial charge in [0.1, 0.15) is 11.6 Å². The van der Waals surface area contributed by atoms with E-state index in [0.717, 1.165) is 5.56 Å². The molecule has 2 heterocycles. The topological polar surface area (TPSA) is 75.7 Å². The standard InChI is InChI=1S/C22H24F2N2O4S/c23-14-31(28,29)25-19-5-3-10-26-20(19)13-15-7-8-18(24)17(12-15)16-4-1-2-6-21(16)30-11-9-22(26)27/h1-2,4,6-8,12,19-20,25H,3,5,9-11,13-14H2/t19-,20-/m0/s1. The molecule has 0 saturated carbocycles. The van der Waals surface area contributed by atoms with E-state index in [4.69, 9.17) is 4.74 Å². The fourth-order valence-electron chi connectivity index (χ4n) is 4.37. The maximum Gasteiger partial charge on any atom is 0.241 e. The first-order chi connectivity index (χ1) is 14.9. The largest absolute Gasteiger partial charge is 0.492 e.